The largest absolute Gasteiger partial charge is 0.545 e. The van der Waals surface area contributed by atoms with Crippen LogP contribution in [0.1, 0.15) is 31.7 Å². The van der Waals surface area contributed by atoms with Crippen molar-refractivity contribution in [2.45, 2.75) is 11.8 Å². The van der Waals surface area contributed by atoms with Gasteiger partial charge in [-0.2, -0.15) is 8.42 Å². The molecule has 0 spiro atoms. The van der Waals surface area contributed by atoms with Crippen LogP contribution in [0.4, 0.5) is 0 Å². The van der Waals surface area contributed by atoms with Crippen LogP contribution in [0.5, 0.6) is 0 Å². The van der Waals surface area contributed by atoms with Crippen molar-refractivity contribution in [3.8, 4) is 0 Å². The highest BCUT2D eigenvalue weighted by atomic mass is 32.2. The predicted molar refractivity (Wildman–Crippen MR) is 91.0 cm³/mol. The molecular formula is C18H14NO7S-. The van der Waals surface area contributed by atoms with Crippen molar-refractivity contribution in [2.24, 2.45) is 5.73 Å². The summed E-state index contributed by atoms with van der Waals surface area (Å²) >= 11 is 0. The fraction of sp³-hybridized carbons (Fsp3) is 0.111. The van der Waals surface area contributed by atoms with Crippen LogP contribution in [0.15, 0.2) is 66.2 Å². The van der Waals surface area contributed by atoms with Gasteiger partial charge in [-0.05, 0) is 11.1 Å². The molecule has 0 amide bonds. The minimum absolute atomic E-state index is 0.150. The van der Waals surface area contributed by atoms with Gasteiger partial charge >= 0.3 is 10.1 Å². The number of Topliss-reactive ketones (excluding diaryl/α,β-unsaturated/α-hetero) is 1. The normalized spacial score (nSPS) is 21.8. The van der Waals surface area contributed by atoms with E-state index in [4.69, 9.17) is 14.6 Å². The average molecular weight is 391 g/mol. The fourth-order valence-corrected chi connectivity index (χ4v) is 3.07. The summed E-state index contributed by atoms with van der Waals surface area (Å²) in [5.41, 5.74) is 1.90. The maximum absolute atomic E-state index is 12.7. The van der Waals surface area contributed by atoms with Gasteiger partial charge in [0.25, 0.3) is 0 Å². The molecule has 0 aromatic heterocycles. The van der Waals surface area contributed by atoms with Crippen LogP contribution in [0.25, 0.3) is 0 Å². The molecule has 2 N–H and O–H groups in total. The van der Waals surface area contributed by atoms with E-state index in [2.05, 4.69) is 4.18 Å². The molecule has 0 bridgehead atoms. The summed E-state index contributed by atoms with van der Waals surface area (Å²) in [6, 6.07) is 11.2. The van der Waals surface area contributed by atoms with Crippen molar-refractivity contribution in [1.82, 2.24) is 0 Å². The number of carbonyl (C=O) groups excluding carboxylic acids is 2. The van der Waals surface area contributed by atoms with Gasteiger partial charge in [-0.15, -0.1) is 0 Å². The van der Waals surface area contributed by atoms with Gasteiger partial charge in [0.1, 0.15) is 5.70 Å². The molecule has 1 atom stereocenters. The van der Waals surface area contributed by atoms with E-state index < -0.39 is 45.3 Å². The first-order valence-corrected chi connectivity index (χ1v) is 8.86. The molecule has 8 nitrogen and oxygen atoms in total. The van der Waals surface area contributed by atoms with E-state index in [1.54, 1.807) is 6.07 Å². The van der Waals surface area contributed by atoms with E-state index in [1.165, 1.54) is 24.3 Å². The summed E-state index contributed by atoms with van der Waals surface area (Å²) in [6.45, 7) is 0. The van der Waals surface area contributed by atoms with E-state index in [9.17, 15) is 23.1 Å². The average Bonchev–Trinajstić information content (AvgIpc) is 2.92. The highest BCUT2D eigenvalue weighted by Gasteiger charge is 2.39. The predicted octanol–water partition coefficient (Wildman–Crippen LogP) is 0.365. The summed E-state index contributed by atoms with van der Waals surface area (Å²) in [4.78, 5) is 23.5. The quantitative estimate of drug-likeness (QED) is 0.697. The Morgan fingerprint density at radius 1 is 1.22 bits per heavy atom. The van der Waals surface area contributed by atoms with Crippen LogP contribution >= 0.6 is 0 Å². The van der Waals surface area contributed by atoms with E-state index in [-0.39, 0.29) is 16.7 Å². The third kappa shape index (κ3) is 4.09. The van der Waals surface area contributed by atoms with Gasteiger partial charge in [0.15, 0.2) is 6.08 Å². The van der Waals surface area contributed by atoms with Gasteiger partial charge in [-0.25, -0.2) is 0 Å². The molecule has 140 valence electrons. The molecule has 2 aromatic rings. The van der Waals surface area contributed by atoms with E-state index >= 15 is 0 Å². The zero-order valence-corrected chi connectivity index (χ0v) is 14.4. The summed E-state index contributed by atoms with van der Waals surface area (Å²) in [7, 11) is -5.09. The molecule has 0 radical (unpaired) electrons. The van der Waals surface area contributed by atoms with E-state index in [0.29, 0.717) is 0 Å². The highest BCUT2D eigenvalue weighted by molar-refractivity contribution is 7.86. The van der Waals surface area contributed by atoms with Gasteiger partial charge in [0.2, 0.25) is 17.4 Å². The van der Waals surface area contributed by atoms with Crippen LogP contribution in [0.2, 0.25) is 0 Å². The molecule has 3 rings (SSSR count). The summed E-state index contributed by atoms with van der Waals surface area (Å²) in [5, 5.41) is 10.8. The fourth-order valence-electron chi connectivity index (χ4n) is 2.23. The number of rotatable bonds is 6. The lowest BCUT2D eigenvalue weighted by atomic mass is 10.0. The number of carboxylic acid groups (broad SMARTS) is 1. The maximum atomic E-state index is 12.7. The molecule has 9 heteroatoms. The number of carboxylic acids is 1. The van der Waals surface area contributed by atoms with Gasteiger partial charge in [-0.3, -0.25) is 4.79 Å². The van der Waals surface area contributed by atoms with Crippen molar-refractivity contribution in [2.75, 3.05) is 0 Å². The van der Waals surface area contributed by atoms with Crippen LogP contribution < -0.4 is 10.8 Å². The Balaban J connectivity index is 1.91. The van der Waals surface area contributed by atoms with E-state index in [0.717, 1.165) is 24.3 Å². The zero-order chi connectivity index (χ0) is 22.3. The molecule has 0 saturated carbocycles. The second kappa shape index (κ2) is 7.12. The number of carbonyl (C=O) groups is 2. The monoisotopic (exact) mass is 391 g/mol. The van der Waals surface area contributed by atoms with Crippen LogP contribution in [0, 0.1) is 0 Å². The Labute approximate surface area is 159 Å². The lowest BCUT2D eigenvalue weighted by Gasteiger charge is -2.11. The number of benzene rings is 2. The first-order valence-electron chi connectivity index (χ1n) is 8.95. The van der Waals surface area contributed by atoms with Crippen LogP contribution in [0.3, 0.4) is 0 Å². The van der Waals surface area contributed by atoms with E-state index in [1.807, 2.05) is 0 Å². The Bertz CT molecular complexity index is 1150. The second-order valence-corrected chi connectivity index (χ2v) is 6.60. The van der Waals surface area contributed by atoms with Gasteiger partial charge in [0.05, 0.1) is 10.1 Å². The Morgan fingerprint density at radius 3 is 2.44 bits per heavy atom. The lowest BCUT2D eigenvalue weighted by Crippen LogP contribution is -2.22. The molecule has 0 fully saturated rings. The third-order valence-electron chi connectivity index (χ3n) is 3.44. The van der Waals surface area contributed by atoms with Crippen molar-refractivity contribution >= 4 is 21.9 Å². The third-order valence-corrected chi connectivity index (χ3v) is 4.31. The standard InChI is InChI=1S/C18H15NO7S/c19-17-16(26-27(23,24)10-11-4-2-1-3-5-11)14(20)15(25-17)12-6-8-13(9-7-12)18(21)22/h1-9,15H,10,19H2,(H,21,22)/p-1/i10D2,15D. The van der Waals surface area contributed by atoms with Crippen molar-refractivity contribution in [3.63, 3.8) is 0 Å². The number of aromatic carboxylic acids is 1. The lowest BCUT2D eigenvalue weighted by molar-refractivity contribution is -0.255. The second-order valence-electron chi connectivity index (χ2n) is 5.32. The minimum Gasteiger partial charge on any atom is -0.545 e. The number of ketones is 1. The molecule has 1 aliphatic heterocycles. The Hall–Kier alpha value is -3.33. The number of ether oxygens (including phenoxy) is 1. The SMILES string of the molecule is [2H]C1(c2ccc(C(=O)[O-])cc2)OC(N)=C(OS(=O)(=O)C([2H])([2H])c2ccccc2)C1=O. The van der Waals surface area contributed by atoms with Crippen LogP contribution in [-0.4, -0.2) is 20.2 Å². The molecule has 27 heavy (non-hydrogen) atoms. The molecule has 1 unspecified atom stereocenters. The molecular weight excluding hydrogens is 374 g/mol. The van der Waals surface area contributed by atoms with Crippen molar-refractivity contribution in [3.05, 3.63) is 82.9 Å². The topological polar surface area (TPSA) is 136 Å². The number of nitrogens with two attached hydrogens (primary N) is 1. The van der Waals surface area contributed by atoms with Crippen molar-refractivity contribution < 1.29 is 36.1 Å². The first kappa shape index (κ1) is 14.8. The molecule has 1 aliphatic rings. The number of hydrogen-bond acceptors (Lipinski definition) is 8. The molecule has 0 saturated heterocycles. The molecule has 1 heterocycles. The summed E-state index contributed by atoms with van der Waals surface area (Å²) in [5.74, 6) is -4.65. The summed E-state index contributed by atoms with van der Waals surface area (Å²) < 4.78 is 58.9. The van der Waals surface area contributed by atoms with Crippen molar-refractivity contribution in [1.29, 1.82) is 0 Å². The zero-order valence-electron chi connectivity index (χ0n) is 16.5. The Kier molecular flexibility index (Phi) is 3.90. The molecule has 0 aliphatic carbocycles. The van der Waals surface area contributed by atoms with Gasteiger partial charge in [0, 0.05) is 5.56 Å². The molecule has 2 aromatic carbocycles. The first-order chi connectivity index (χ1) is 13.9. The summed E-state index contributed by atoms with van der Waals surface area (Å²) in [6.07, 6.45) is -2.54. The van der Waals surface area contributed by atoms with Gasteiger partial charge < -0.3 is 24.6 Å². The van der Waals surface area contributed by atoms with Gasteiger partial charge in [-0.1, -0.05) is 54.6 Å². The minimum atomic E-state index is -5.09. The highest BCUT2D eigenvalue weighted by Crippen LogP contribution is 2.32. The number of hydrogen-bond donors (Lipinski definition) is 1. The smallest absolute Gasteiger partial charge is 0.313 e. The Morgan fingerprint density at radius 2 is 1.85 bits per heavy atom. The maximum Gasteiger partial charge on any atom is 0.313 e. The van der Waals surface area contributed by atoms with Crippen LogP contribution in [-0.2, 0) is 29.5 Å².